The Morgan fingerprint density at radius 1 is 0.769 bits per heavy atom. The quantitative estimate of drug-likeness (QED) is 0.0177. The van der Waals surface area contributed by atoms with Crippen molar-refractivity contribution in [3.05, 3.63) is 131 Å². The molecule has 2 unspecified atom stereocenters. The average molecular weight is 1260 g/mol. The van der Waals surface area contributed by atoms with Crippen LogP contribution in [0.15, 0.2) is 97.2 Å². The fourth-order valence-electron chi connectivity index (χ4n) is 8.98. The van der Waals surface area contributed by atoms with Gasteiger partial charge < -0.3 is 76.1 Å². The number of fused-ring (bicyclic) bond motifs is 1. The number of rotatable bonds is 37. The fourth-order valence-corrected chi connectivity index (χ4v) is 8.98. The van der Waals surface area contributed by atoms with Crippen LogP contribution in [0.1, 0.15) is 60.5 Å². The van der Waals surface area contributed by atoms with Crippen LogP contribution in [0.3, 0.4) is 0 Å². The van der Waals surface area contributed by atoms with Crippen LogP contribution in [0.2, 0.25) is 0 Å². The number of primary amides is 1. The van der Waals surface area contributed by atoms with Gasteiger partial charge in [-0.3, -0.25) is 38.8 Å². The number of carbonyl (C=O) groups is 8. The van der Waals surface area contributed by atoms with E-state index >= 15 is 0 Å². The minimum Gasteiger partial charge on any atom is -0.490 e. The molecule has 484 valence electrons. The van der Waals surface area contributed by atoms with Crippen LogP contribution in [0, 0.1) is 24.5 Å². The van der Waals surface area contributed by atoms with Gasteiger partial charge in [-0.1, -0.05) is 38.1 Å². The van der Waals surface area contributed by atoms with E-state index < -0.39 is 65.1 Å². The molecule has 10 N–H and O–H groups in total. The van der Waals surface area contributed by atoms with Gasteiger partial charge in [0.25, 0.3) is 11.8 Å². The van der Waals surface area contributed by atoms with Crippen molar-refractivity contribution in [1.82, 2.24) is 46.1 Å². The fraction of sp³-hybridized carbons (Fsp3) is 0.371. The molecule has 0 fully saturated rings. The summed E-state index contributed by atoms with van der Waals surface area (Å²) in [7, 11) is 0. The maximum absolute atomic E-state index is 15.0. The summed E-state index contributed by atoms with van der Waals surface area (Å²) in [4.78, 5) is 117. The molecule has 3 aromatic carbocycles. The van der Waals surface area contributed by atoms with Crippen molar-refractivity contribution in [2.24, 2.45) is 11.7 Å². The number of urea groups is 1. The highest BCUT2D eigenvalue weighted by atomic mass is 19.1. The number of imide groups is 1. The number of ether oxygens (including phenoxy) is 6. The lowest BCUT2D eigenvalue weighted by atomic mass is 10.0. The van der Waals surface area contributed by atoms with Crippen LogP contribution < -0.4 is 42.4 Å². The van der Waals surface area contributed by atoms with Crippen LogP contribution in [0.25, 0.3) is 33.5 Å². The van der Waals surface area contributed by atoms with Crippen molar-refractivity contribution < 1.29 is 80.7 Å². The molecule has 0 aliphatic carbocycles. The lowest BCUT2D eigenvalue weighted by molar-refractivity contribution is -0.137. The molecule has 1 aliphatic rings. The van der Waals surface area contributed by atoms with Gasteiger partial charge in [-0.25, -0.2) is 28.1 Å². The Kier molecular flexibility index (Phi) is 26.1. The number of carbonyl (C=O) groups excluding carboxylic acids is 7. The van der Waals surface area contributed by atoms with Crippen molar-refractivity contribution in [1.29, 1.82) is 0 Å². The first-order valence-electron chi connectivity index (χ1n) is 29.1. The van der Waals surface area contributed by atoms with Crippen molar-refractivity contribution in [3.63, 3.8) is 0 Å². The van der Waals surface area contributed by atoms with Crippen LogP contribution in [-0.2, 0) is 60.8 Å². The summed E-state index contributed by atoms with van der Waals surface area (Å²) in [5, 5.41) is 26.2. The number of nitrogens with zero attached hydrogens (tertiary/aromatic N) is 4. The van der Waals surface area contributed by atoms with E-state index in [4.69, 9.17) is 39.1 Å². The number of aromatic amines is 1. The summed E-state index contributed by atoms with van der Waals surface area (Å²) < 4.78 is 62.2. The molecule has 6 aromatic rings. The third-order valence-corrected chi connectivity index (χ3v) is 13.6. The topological polar surface area (TPSA) is 368 Å². The van der Waals surface area contributed by atoms with Crippen molar-refractivity contribution in [2.45, 2.75) is 65.3 Å². The van der Waals surface area contributed by atoms with Crippen molar-refractivity contribution >= 4 is 69.9 Å². The lowest BCUT2D eigenvalue weighted by Crippen LogP contribution is -2.54. The zero-order valence-corrected chi connectivity index (χ0v) is 50.3. The van der Waals surface area contributed by atoms with Gasteiger partial charge in [0.2, 0.25) is 17.7 Å². The highest BCUT2D eigenvalue weighted by Crippen LogP contribution is 2.33. The molecular weight excluding hydrogens is 1190 g/mol. The summed E-state index contributed by atoms with van der Waals surface area (Å²) in [5.41, 5.74) is 8.56. The summed E-state index contributed by atoms with van der Waals surface area (Å²) in [6.45, 7) is 7.40. The van der Waals surface area contributed by atoms with Crippen molar-refractivity contribution in [2.75, 3.05) is 89.7 Å². The molecule has 7 rings (SSSR count). The number of hydrogen-bond acceptors (Lipinski definition) is 18. The number of alkyl carbamates (subject to hydrolysis) is 1. The van der Waals surface area contributed by atoms with Gasteiger partial charge in [0.1, 0.15) is 53.9 Å². The lowest BCUT2D eigenvalue weighted by Gasteiger charge is -2.25. The third-order valence-electron chi connectivity index (χ3n) is 13.6. The van der Waals surface area contributed by atoms with Crippen LogP contribution in [0.4, 0.5) is 29.7 Å². The Hall–Kier alpha value is -9.97. The first-order valence-corrected chi connectivity index (χ1v) is 29.1. The summed E-state index contributed by atoms with van der Waals surface area (Å²) in [5.74, 6) is -6.16. The van der Waals surface area contributed by atoms with E-state index in [0.717, 1.165) is 22.7 Å². The third kappa shape index (κ3) is 21.4. The van der Waals surface area contributed by atoms with Crippen molar-refractivity contribution in [3.8, 4) is 28.4 Å². The minimum atomic E-state index is -1.74. The number of aryl methyl sites for hydroxylation is 1. The molecule has 2 atom stereocenters. The van der Waals surface area contributed by atoms with Crippen LogP contribution in [0.5, 0.6) is 5.75 Å². The van der Waals surface area contributed by atoms with Gasteiger partial charge in [0.05, 0.1) is 101 Å². The second-order valence-electron chi connectivity index (χ2n) is 20.8. The summed E-state index contributed by atoms with van der Waals surface area (Å²) >= 11 is 0. The minimum absolute atomic E-state index is 0.0522. The van der Waals surface area contributed by atoms with E-state index in [-0.39, 0.29) is 115 Å². The summed E-state index contributed by atoms with van der Waals surface area (Å²) in [6.07, 6.45) is 3.57. The maximum atomic E-state index is 15.0. The number of hydrogen-bond donors (Lipinski definition) is 9. The number of halogens is 2. The SMILES string of the molecule is Cc1cccc(-c2nc(CNc3ccc(F)c(C(=O)O)c3F)[nH]c2-c2ccc3ncc(OCCNC(=O)OCc4ccc(NC(=O)C(CCCNC(N)=O)NC(=O)C(NC(=O)CCOCCOCCOCCOCCN5C(=O)C=CC5=O)C(C)C)cc4)cc3c2)n1. The first kappa shape index (κ1) is 68.5. The van der Waals surface area contributed by atoms with Gasteiger partial charge >= 0.3 is 18.1 Å². The zero-order valence-electron chi connectivity index (χ0n) is 50.3. The number of aromatic carboxylic acids is 1. The molecule has 0 spiro atoms. The second-order valence-corrected chi connectivity index (χ2v) is 20.8. The number of amides is 8. The van der Waals surface area contributed by atoms with E-state index in [1.165, 1.54) is 12.2 Å². The molecule has 1 aliphatic heterocycles. The first-order chi connectivity index (χ1) is 43.8. The molecule has 27 nitrogen and oxygen atoms in total. The number of carboxylic acid groups (broad SMARTS) is 1. The monoisotopic (exact) mass is 1260 g/mol. The van der Waals surface area contributed by atoms with Gasteiger partial charge in [-0.05, 0) is 85.8 Å². The van der Waals surface area contributed by atoms with E-state index in [1.54, 1.807) is 56.4 Å². The highest BCUT2D eigenvalue weighted by molar-refractivity contribution is 6.12. The molecule has 91 heavy (non-hydrogen) atoms. The van der Waals surface area contributed by atoms with Crippen LogP contribution >= 0.6 is 0 Å². The average Bonchev–Trinajstić information content (AvgIpc) is 1.76. The number of nitrogens with two attached hydrogens (primary N) is 1. The number of carboxylic acids is 1. The number of imidazole rings is 1. The number of H-pyrrole nitrogens is 1. The number of nitrogens with one attached hydrogen (secondary N) is 7. The number of benzene rings is 3. The van der Waals surface area contributed by atoms with Crippen LogP contribution in [-0.4, -0.2) is 169 Å². The number of pyridine rings is 2. The standard InChI is InChI=1S/C62H72F2N12O15/c1-37(2)55(75-50(77)19-23-86-26-28-88-30-31-89-29-27-87-25-22-76-51(78)17-18-52(76)79)59(81)72-48(8-5-20-66-61(65)84)58(80)71-42-12-9-39(10-13-42)36-91-62(85)67-21-24-90-43-33-41-32-40(11-15-45(41)68-34-43)56-57(47-7-4-6-38(3)70-47)74-49(73-56)35-69-46-16-14-44(63)53(54(46)64)60(82)83/h4,6-7,9-18,32-34,37,48,55,69H,5,8,19-31,35-36H2,1-3H3,(H,67,85)(H,71,80)(H,72,81)(H,73,74)(H,75,77)(H,82,83)(H3,65,66,84). The molecule has 0 saturated heterocycles. The zero-order chi connectivity index (χ0) is 65.2. The Bertz CT molecular complexity index is 3530. The van der Waals surface area contributed by atoms with Gasteiger partial charge in [-0.15, -0.1) is 0 Å². The number of aromatic nitrogens is 4. The Balaban J connectivity index is 0.819. The highest BCUT2D eigenvalue weighted by Gasteiger charge is 2.30. The van der Waals surface area contributed by atoms with E-state index in [2.05, 4.69) is 46.9 Å². The molecule has 8 amide bonds. The molecular formula is C62H72F2N12O15. The molecule has 0 saturated carbocycles. The summed E-state index contributed by atoms with van der Waals surface area (Å²) in [6, 6.07) is 18.3. The molecule has 0 bridgehead atoms. The molecule has 29 heteroatoms. The maximum Gasteiger partial charge on any atom is 0.407 e. The largest absolute Gasteiger partial charge is 0.490 e. The molecule has 0 radical (unpaired) electrons. The smallest absolute Gasteiger partial charge is 0.407 e. The van der Waals surface area contributed by atoms with Gasteiger partial charge in [-0.2, -0.15) is 0 Å². The predicted octanol–water partition coefficient (Wildman–Crippen LogP) is 5.28. The molecule has 4 heterocycles. The Morgan fingerprint density at radius 3 is 2.15 bits per heavy atom. The molecule has 3 aromatic heterocycles. The van der Waals surface area contributed by atoms with Gasteiger partial charge in [0, 0.05) is 47.4 Å². The van der Waals surface area contributed by atoms with E-state index in [9.17, 15) is 52.2 Å². The predicted molar refractivity (Wildman–Crippen MR) is 326 cm³/mol. The van der Waals surface area contributed by atoms with Gasteiger partial charge in [0.15, 0.2) is 5.82 Å². The Morgan fingerprint density at radius 2 is 1.47 bits per heavy atom. The van der Waals surface area contributed by atoms with E-state index in [1.807, 2.05) is 37.3 Å². The van der Waals surface area contributed by atoms with E-state index in [0.29, 0.717) is 76.2 Å². The Labute approximate surface area is 521 Å². The number of anilines is 2. The second kappa shape index (κ2) is 34.7. The normalized spacial score (nSPS) is 12.6.